The Bertz CT molecular complexity index is 945. The maximum Gasteiger partial charge on any atom is 0.407 e. The van der Waals surface area contributed by atoms with Gasteiger partial charge in [0.25, 0.3) is 5.91 Å². The normalized spacial score (nSPS) is 17.5. The Labute approximate surface area is 181 Å². The van der Waals surface area contributed by atoms with Crippen molar-refractivity contribution in [1.82, 2.24) is 15.2 Å². The van der Waals surface area contributed by atoms with Crippen molar-refractivity contribution in [3.05, 3.63) is 22.6 Å². The number of piperidine rings is 1. The van der Waals surface area contributed by atoms with Gasteiger partial charge >= 0.3 is 6.09 Å². The molecule has 0 bridgehead atoms. The molecular formula is C22H30N4O3S. The van der Waals surface area contributed by atoms with Crippen LogP contribution in [0.3, 0.4) is 0 Å². The van der Waals surface area contributed by atoms with Crippen molar-refractivity contribution in [2.45, 2.75) is 51.5 Å². The Morgan fingerprint density at radius 1 is 1.30 bits per heavy atom. The number of pyridine rings is 1. The molecule has 30 heavy (non-hydrogen) atoms. The lowest BCUT2D eigenvalue weighted by molar-refractivity contribution is 0.0964. The van der Waals surface area contributed by atoms with Crippen molar-refractivity contribution in [2.75, 3.05) is 31.6 Å². The number of nitrogens with zero attached hydrogens (tertiary/aromatic N) is 3. The predicted molar refractivity (Wildman–Crippen MR) is 120 cm³/mol. The molecule has 7 nitrogen and oxygen atoms in total. The van der Waals surface area contributed by atoms with Gasteiger partial charge in [0, 0.05) is 38.1 Å². The van der Waals surface area contributed by atoms with Crippen molar-refractivity contribution < 1.29 is 14.7 Å². The molecule has 1 aliphatic heterocycles. The fourth-order valence-electron chi connectivity index (χ4n) is 4.27. The number of nitrogens with one attached hydrogen (secondary N) is 1. The smallest absolute Gasteiger partial charge is 0.407 e. The third-order valence-corrected chi connectivity index (χ3v) is 7.28. The first-order chi connectivity index (χ1) is 14.4. The summed E-state index contributed by atoms with van der Waals surface area (Å²) >= 11 is 1.57. The number of carboxylic acid groups (broad SMARTS) is 1. The van der Waals surface area contributed by atoms with Gasteiger partial charge in [0.15, 0.2) is 0 Å². The lowest BCUT2D eigenvalue weighted by atomic mass is 10.0. The molecule has 3 heterocycles. The van der Waals surface area contributed by atoms with Gasteiger partial charge in [-0.2, -0.15) is 0 Å². The van der Waals surface area contributed by atoms with Crippen LogP contribution in [0.15, 0.2) is 11.4 Å². The zero-order valence-electron chi connectivity index (χ0n) is 17.9. The Morgan fingerprint density at radius 3 is 2.57 bits per heavy atom. The number of thiophene rings is 1. The first kappa shape index (κ1) is 20.9. The van der Waals surface area contributed by atoms with E-state index in [9.17, 15) is 14.7 Å². The third kappa shape index (κ3) is 4.10. The van der Waals surface area contributed by atoms with Crippen LogP contribution in [0.1, 0.15) is 61.4 Å². The number of rotatable bonds is 6. The number of fused-ring (bicyclic) bond motifs is 1. The fraction of sp³-hybridized carbons (Fsp3) is 0.591. The number of carbonyl (C=O) groups is 2. The summed E-state index contributed by atoms with van der Waals surface area (Å²) in [5.41, 5.74) is 2.60. The molecular weight excluding hydrogens is 400 g/mol. The molecule has 0 unspecified atom stereocenters. The van der Waals surface area contributed by atoms with Gasteiger partial charge in [-0.15, -0.1) is 11.3 Å². The Kier molecular flexibility index (Phi) is 5.86. The van der Waals surface area contributed by atoms with Gasteiger partial charge < -0.3 is 20.2 Å². The van der Waals surface area contributed by atoms with Gasteiger partial charge in [0.05, 0.1) is 15.8 Å². The standard InChI is InChI=1S/C22H30N4O3S/c1-13(2)16-10-18(24-19-17(21(27)23-3)12-30-20(16)19)25-8-6-15(7-9-25)26(22(28)29)11-14-4-5-14/h10,12-15H,4-9,11H2,1-3H3,(H,23,27)(H,28,29). The number of aromatic nitrogens is 1. The zero-order valence-corrected chi connectivity index (χ0v) is 18.7. The summed E-state index contributed by atoms with van der Waals surface area (Å²) in [6.07, 6.45) is 3.12. The van der Waals surface area contributed by atoms with Gasteiger partial charge in [-0.3, -0.25) is 4.79 Å². The molecule has 0 spiro atoms. The van der Waals surface area contributed by atoms with E-state index in [1.54, 1.807) is 23.3 Å². The first-order valence-corrected chi connectivity index (χ1v) is 11.7. The van der Waals surface area contributed by atoms with E-state index in [0.717, 1.165) is 54.8 Å². The molecule has 4 rings (SSSR count). The molecule has 2 amide bonds. The predicted octanol–water partition coefficient (Wildman–Crippen LogP) is 4.14. The van der Waals surface area contributed by atoms with E-state index in [1.165, 1.54) is 5.56 Å². The van der Waals surface area contributed by atoms with E-state index in [1.807, 2.05) is 5.38 Å². The van der Waals surface area contributed by atoms with Gasteiger partial charge in [-0.1, -0.05) is 13.8 Å². The lowest BCUT2D eigenvalue weighted by Gasteiger charge is -2.38. The maximum atomic E-state index is 12.3. The molecule has 8 heteroatoms. The van der Waals surface area contributed by atoms with Gasteiger partial charge in [0.1, 0.15) is 5.82 Å². The molecule has 2 aliphatic rings. The summed E-state index contributed by atoms with van der Waals surface area (Å²) in [6.45, 7) is 6.54. The van der Waals surface area contributed by atoms with Crippen molar-refractivity contribution in [1.29, 1.82) is 0 Å². The molecule has 1 aliphatic carbocycles. The monoisotopic (exact) mass is 430 g/mol. The second-order valence-electron chi connectivity index (χ2n) is 8.73. The van der Waals surface area contributed by atoms with E-state index in [2.05, 4.69) is 30.1 Å². The van der Waals surface area contributed by atoms with E-state index < -0.39 is 6.09 Å². The quantitative estimate of drug-likeness (QED) is 0.719. The Hall–Kier alpha value is -2.35. The molecule has 0 atom stereocenters. The summed E-state index contributed by atoms with van der Waals surface area (Å²) in [7, 11) is 1.64. The van der Waals surface area contributed by atoms with Crippen LogP contribution in [0.4, 0.5) is 10.6 Å². The minimum absolute atomic E-state index is 0.0789. The van der Waals surface area contributed by atoms with Crippen LogP contribution in [-0.4, -0.2) is 59.7 Å². The van der Waals surface area contributed by atoms with Crippen molar-refractivity contribution in [3.63, 3.8) is 0 Å². The Balaban J connectivity index is 1.57. The number of hydrogen-bond acceptors (Lipinski definition) is 5. The van der Waals surface area contributed by atoms with Crippen LogP contribution in [-0.2, 0) is 0 Å². The number of anilines is 1. The zero-order chi connectivity index (χ0) is 21.4. The average Bonchev–Trinajstić information content (AvgIpc) is 3.46. The molecule has 1 saturated heterocycles. The van der Waals surface area contributed by atoms with Crippen molar-refractivity contribution in [2.24, 2.45) is 5.92 Å². The SMILES string of the molecule is CNC(=O)c1csc2c(C(C)C)cc(N3CCC(N(CC4CC4)C(=O)O)CC3)nc12. The fourth-order valence-corrected chi connectivity index (χ4v) is 5.43. The minimum Gasteiger partial charge on any atom is -0.465 e. The lowest BCUT2D eigenvalue weighted by Crippen LogP contribution is -2.48. The summed E-state index contributed by atoms with van der Waals surface area (Å²) in [4.78, 5) is 32.8. The van der Waals surface area contributed by atoms with Crippen LogP contribution in [0.25, 0.3) is 10.2 Å². The van der Waals surface area contributed by atoms with Gasteiger partial charge in [-0.05, 0) is 49.1 Å². The van der Waals surface area contributed by atoms with Crippen molar-refractivity contribution in [3.8, 4) is 0 Å². The first-order valence-electron chi connectivity index (χ1n) is 10.8. The van der Waals surface area contributed by atoms with Gasteiger partial charge in [0.2, 0.25) is 0 Å². The largest absolute Gasteiger partial charge is 0.465 e. The molecule has 2 aromatic rings. The van der Waals surface area contributed by atoms with E-state index in [0.29, 0.717) is 23.9 Å². The van der Waals surface area contributed by atoms with Crippen LogP contribution in [0.5, 0.6) is 0 Å². The summed E-state index contributed by atoms with van der Waals surface area (Å²) in [5, 5.41) is 14.2. The summed E-state index contributed by atoms with van der Waals surface area (Å²) in [5.74, 6) is 1.65. The molecule has 0 aromatic carbocycles. The minimum atomic E-state index is -0.796. The molecule has 162 valence electrons. The Morgan fingerprint density at radius 2 is 2.00 bits per heavy atom. The van der Waals surface area contributed by atoms with Crippen LogP contribution < -0.4 is 10.2 Å². The third-order valence-electron chi connectivity index (χ3n) is 6.26. The highest BCUT2D eigenvalue weighted by atomic mass is 32.1. The highest BCUT2D eigenvalue weighted by Gasteiger charge is 2.33. The van der Waals surface area contributed by atoms with E-state index in [4.69, 9.17) is 4.98 Å². The second-order valence-corrected chi connectivity index (χ2v) is 9.61. The maximum absolute atomic E-state index is 12.3. The topological polar surface area (TPSA) is 85.8 Å². The highest BCUT2D eigenvalue weighted by Crippen LogP contribution is 2.36. The molecule has 0 radical (unpaired) electrons. The number of carbonyl (C=O) groups excluding carboxylic acids is 1. The molecule has 2 fully saturated rings. The highest BCUT2D eigenvalue weighted by molar-refractivity contribution is 7.17. The van der Waals surface area contributed by atoms with E-state index in [-0.39, 0.29) is 11.9 Å². The van der Waals surface area contributed by atoms with Crippen LogP contribution >= 0.6 is 11.3 Å². The van der Waals surface area contributed by atoms with Crippen molar-refractivity contribution >= 4 is 39.4 Å². The molecule has 2 aromatic heterocycles. The molecule has 1 saturated carbocycles. The average molecular weight is 431 g/mol. The summed E-state index contributed by atoms with van der Waals surface area (Å²) < 4.78 is 1.07. The van der Waals surface area contributed by atoms with Crippen LogP contribution in [0.2, 0.25) is 0 Å². The number of hydrogen-bond donors (Lipinski definition) is 2. The summed E-state index contributed by atoms with van der Waals surface area (Å²) in [6, 6.07) is 2.23. The van der Waals surface area contributed by atoms with Gasteiger partial charge in [-0.25, -0.2) is 9.78 Å². The number of amides is 2. The molecule has 2 N–H and O–H groups in total. The van der Waals surface area contributed by atoms with E-state index >= 15 is 0 Å². The van der Waals surface area contributed by atoms with Crippen LogP contribution in [0, 0.1) is 5.92 Å². The second kappa shape index (κ2) is 8.41.